The summed E-state index contributed by atoms with van der Waals surface area (Å²) in [6, 6.07) is 3.97. The number of thiophene rings is 1. The third-order valence-corrected chi connectivity index (χ3v) is 4.60. The highest BCUT2D eigenvalue weighted by Crippen LogP contribution is 2.20. The molecule has 9 heteroatoms. The van der Waals surface area contributed by atoms with E-state index >= 15 is 0 Å². The van der Waals surface area contributed by atoms with Crippen molar-refractivity contribution >= 4 is 27.2 Å². The molecule has 0 atom stereocenters. The normalized spacial score (nSPS) is 14.7. The number of hydrogen-bond acceptors (Lipinski definition) is 4. The van der Waals surface area contributed by atoms with Crippen molar-refractivity contribution in [1.29, 1.82) is 0 Å². The van der Waals surface area contributed by atoms with Crippen LogP contribution in [0.2, 0.25) is 0 Å². The molecule has 1 aromatic heterocycles. The van der Waals surface area contributed by atoms with E-state index in [1.54, 1.807) is 11.3 Å². The van der Waals surface area contributed by atoms with Gasteiger partial charge in [-0.3, -0.25) is 9.35 Å². The van der Waals surface area contributed by atoms with Crippen LogP contribution in [0.4, 0.5) is 13.2 Å². The lowest BCUT2D eigenvalue weighted by Crippen LogP contribution is -2.21. The van der Waals surface area contributed by atoms with Gasteiger partial charge in [0.1, 0.15) is 5.78 Å². The minimum Gasteiger partial charge on any atom is -0.299 e. The molecular weight excluding hydrogens is 365 g/mol. The zero-order valence-electron chi connectivity index (χ0n) is 13.5. The number of carbonyl (C=O) groups excluding carboxylic acids is 1. The van der Waals surface area contributed by atoms with E-state index in [1.165, 1.54) is 43.4 Å². The van der Waals surface area contributed by atoms with Crippen molar-refractivity contribution in [3.63, 3.8) is 0 Å². The molecule has 1 aliphatic carbocycles. The van der Waals surface area contributed by atoms with Gasteiger partial charge in [0.2, 0.25) is 0 Å². The van der Waals surface area contributed by atoms with Crippen molar-refractivity contribution in [2.45, 2.75) is 63.8 Å². The maximum atomic E-state index is 10.9. The van der Waals surface area contributed by atoms with Crippen molar-refractivity contribution in [2.75, 3.05) is 0 Å². The quantitative estimate of drug-likeness (QED) is 0.584. The van der Waals surface area contributed by atoms with E-state index in [9.17, 15) is 18.0 Å². The van der Waals surface area contributed by atoms with Gasteiger partial charge in [-0.2, -0.15) is 21.6 Å². The maximum absolute atomic E-state index is 10.9. The monoisotopic (exact) mass is 388 g/mol. The molecule has 0 aromatic carbocycles. The van der Waals surface area contributed by atoms with Gasteiger partial charge in [-0.25, -0.2) is 0 Å². The molecule has 2 rings (SSSR count). The highest BCUT2D eigenvalue weighted by molar-refractivity contribution is 7.86. The first-order valence-electron chi connectivity index (χ1n) is 7.65. The Labute approximate surface area is 144 Å². The Morgan fingerprint density at radius 3 is 1.83 bits per heavy atom. The number of halogens is 3. The predicted molar refractivity (Wildman–Crippen MR) is 88.6 cm³/mol. The molecule has 0 aliphatic heterocycles. The SMILES string of the molecule is C1CCCCC1.CCC(=O)Cc1cccs1.O=S(=O)(O)C(F)(F)F. The summed E-state index contributed by atoms with van der Waals surface area (Å²) < 4.78 is 57.5. The van der Waals surface area contributed by atoms with Crippen LogP contribution < -0.4 is 0 Å². The first-order valence-corrected chi connectivity index (χ1v) is 9.97. The van der Waals surface area contributed by atoms with Crippen molar-refractivity contribution in [3.05, 3.63) is 22.4 Å². The van der Waals surface area contributed by atoms with Crippen molar-refractivity contribution in [3.8, 4) is 0 Å². The summed E-state index contributed by atoms with van der Waals surface area (Å²) in [7, 11) is -5.84. The molecular formula is C15H23F3O4S2. The number of Topliss-reactive ketones (excluding diaryl/α,β-unsaturated/α-hetero) is 1. The van der Waals surface area contributed by atoms with Gasteiger partial charge in [0.15, 0.2) is 0 Å². The average Bonchev–Trinajstić information content (AvgIpc) is 3.01. The molecule has 1 saturated carbocycles. The standard InChI is InChI=1S/C8H10OS.C6H12.CHF3O3S/c1-2-7(9)6-8-4-3-5-10-8;1-2-4-6-5-3-1;2-1(3,4)8(5,6)7/h3-5H,2,6H2,1H3;1-6H2;(H,5,6,7). The highest BCUT2D eigenvalue weighted by Gasteiger charge is 2.44. The Morgan fingerprint density at radius 2 is 1.58 bits per heavy atom. The first-order chi connectivity index (χ1) is 11.1. The zero-order chi connectivity index (χ0) is 18.6. The van der Waals surface area contributed by atoms with Gasteiger partial charge < -0.3 is 0 Å². The van der Waals surface area contributed by atoms with E-state index in [1.807, 2.05) is 24.4 Å². The second-order valence-corrected chi connectivity index (χ2v) is 7.64. The van der Waals surface area contributed by atoms with Crippen LogP contribution in [0.15, 0.2) is 17.5 Å². The molecule has 1 aromatic rings. The number of rotatable bonds is 3. The molecule has 0 bridgehead atoms. The fraction of sp³-hybridized carbons (Fsp3) is 0.667. The van der Waals surface area contributed by atoms with E-state index in [2.05, 4.69) is 0 Å². The fourth-order valence-electron chi connectivity index (χ4n) is 1.79. The second-order valence-electron chi connectivity index (χ2n) is 5.19. The lowest BCUT2D eigenvalue weighted by atomic mass is 10.0. The molecule has 1 fully saturated rings. The maximum Gasteiger partial charge on any atom is 0.522 e. The number of ketones is 1. The third-order valence-electron chi connectivity index (χ3n) is 3.14. The number of carbonyl (C=O) groups is 1. The van der Waals surface area contributed by atoms with Crippen LogP contribution in [0, 0.1) is 0 Å². The molecule has 140 valence electrons. The lowest BCUT2D eigenvalue weighted by Gasteiger charge is -2.05. The van der Waals surface area contributed by atoms with Gasteiger partial charge in [-0.15, -0.1) is 11.3 Å². The van der Waals surface area contributed by atoms with Crippen LogP contribution in [0.5, 0.6) is 0 Å². The number of alkyl halides is 3. The van der Waals surface area contributed by atoms with Gasteiger partial charge in [0.05, 0.1) is 0 Å². The predicted octanol–water partition coefficient (Wildman–Crippen LogP) is 5.00. The third kappa shape index (κ3) is 11.6. The first kappa shape index (κ1) is 23.1. The summed E-state index contributed by atoms with van der Waals surface area (Å²) in [4.78, 5) is 12.1. The summed E-state index contributed by atoms with van der Waals surface area (Å²) >= 11 is 1.65. The van der Waals surface area contributed by atoms with Crippen LogP contribution in [-0.2, 0) is 21.3 Å². The Balaban J connectivity index is 0.000000342. The van der Waals surface area contributed by atoms with Gasteiger partial charge in [0.25, 0.3) is 0 Å². The molecule has 0 amide bonds. The minimum absolute atomic E-state index is 0.322. The Morgan fingerprint density at radius 1 is 1.17 bits per heavy atom. The topological polar surface area (TPSA) is 71.4 Å². The van der Waals surface area contributed by atoms with Crippen LogP contribution in [0.3, 0.4) is 0 Å². The number of hydrogen-bond donors (Lipinski definition) is 1. The molecule has 24 heavy (non-hydrogen) atoms. The van der Waals surface area contributed by atoms with Crippen LogP contribution in [-0.4, -0.2) is 24.3 Å². The molecule has 1 N–H and O–H groups in total. The highest BCUT2D eigenvalue weighted by atomic mass is 32.2. The molecule has 0 spiro atoms. The molecule has 0 unspecified atom stereocenters. The summed E-state index contributed by atoms with van der Waals surface area (Å²) in [5, 5.41) is 2.00. The van der Waals surface area contributed by atoms with Gasteiger partial charge in [-0.05, 0) is 11.4 Å². The van der Waals surface area contributed by atoms with E-state index < -0.39 is 15.6 Å². The molecule has 0 saturated heterocycles. The van der Waals surface area contributed by atoms with Crippen LogP contribution >= 0.6 is 11.3 Å². The van der Waals surface area contributed by atoms with Gasteiger partial charge in [-0.1, -0.05) is 51.5 Å². The van der Waals surface area contributed by atoms with Gasteiger partial charge >= 0.3 is 15.6 Å². The smallest absolute Gasteiger partial charge is 0.299 e. The van der Waals surface area contributed by atoms with Crippen molar-refractivity contribution < 1.29 is 30.9 Å². The van der Waals surface area contributed by atoms with E-state index in [4.69, 9.17) is 13.0 Å². The van der Waals surface area contributed by atoms with Crippen LogP contribution in [0.25, 0.3) is 0 Å². The molecule has 1 aliphatic rings. The van der Waals surface area contributed by atoms with E-state index in [0.29, 0.717) is 18.6 Å². The van der Waals surface area contributed by atoms with Crippen LogP contribution in [0.1, 0.15) is 56.7 Å². The summed E-state index contributed by atoms with van der Waals surface area (Å²) in [5.41, 5.74) is -5.53. The molecule has 0 radical (unpaired) electrons. The zero-order valence-corrected chi connectivity index (χ0v) is 15.1. The summed E-state index contributed by atoms with van der Waals surface area (Å²) in [5.74, 6) is 0.322. The van der Waals surface area contributed by atoms with E-state index in [0.717, 1.165) is 0 Å². The summed E-state index contributed by atoms with van der Waals surface area (Å²) in [6.45, 7) is 1.90. The Kier molecular flexibility index (Phi) is 11.1. The molecule has 1 heterocycles. The van der Waals surface area contributed by atoms with Crippen molar-refractivity contribution in [2.24, 2.45) is 0 Å². The average molecular weight is 388 g/mol. The summed E-state index contributed by atoms with van der Waals surface area (Å²) in [6.07, 6.45) is 10.3. The lowest BCUT2D eigenvalue weighted by molar-refractivity contribution is -0.118. The van der Waals surface area contributed by atoms with Crippen molar-refractivity contribution in [1.82, 2.24) is 0 Å². The molecule has 4 nitrogen and oxygen atoms in total. The Bertz CT molecular complexity index is 536. The van der Waals surface area contributed by atoms with E-state index in [-0.39, 0.29) is 0 Å². The second kappa shape index (κ2) is 11.6. The van der Waals surface area contributed by atoms with Gasteiger partial charge in [0, 0.05) is 17.7 Å². The minimum atomic E-state index is -5.84. The fourth-order valence-corrected chi connectivity index (χ4v) is 2.53. The largest absolute Gasteiger partial charge is 0.522 e. The Hall–Kier alpha value is -0.930.